The fourth-order valence-corrected chi connectivity index (χ4v) is 2.76. The molecule has 0 saturated carbocycles. The van der Waals surface area contributed by atoms with Gasteiger partial charge in [-0.25, -0.2) is 22.5 Å². The van der Waals surface area contributed by atoms with E-state index in [4.69, 9.17) is 10.5 Å². The molecule has 2 heterocycles. The van der Waals surface area contributed by atoms with E-state index < -0.39 is 41.2 Å². The van der Waals surface area contributed by atoms with Crippen LogP contribution in [0.4, 0.5) is 23.2 Å². The number of aliphatic imine (C=N–C) groups is 1. The topological polar surface area (TPSA) is 89.6 Å². The van der Waals surface area contributed by atoms with Gasteiger partial charge in [-0.05, 0) is 37.3 Å². The minimum Gasteiger partial charge on any atom is -0.385 e. The first kappa shape index (κ1) is 19.7. The number of hydrogen-bond acceptors (Lipinski definition) is 5. The van der Waals surface area contributed by atoms with Gasteiger partial charge in [-0.3, -0.25) is 9.79 Å². The summed E-state index contributed by atoms with van der Waals surface area (Å²) in [5.41, 5.74) is 2.71. The Morgan fingerprint density at radius 2 is 2.00 bits per heavy atom. The van der Waals surface area contributed by atoms with E-state index in [0.29, 0.717) is 0 Å². The van der Waals surface area contributed by atoms with E-state index in [2.05, 4.69) is 15.3 Å². The van der Waals surface area contributed by atoms with Gasteiger partial charge in [0.25, 0.3) is 11.8 Å². The van der Waals surface area contributed by atoms with Crippen LogP contribution in [0.1, 0.15) is 23.0 Å². The molecule has 1 aromatic heterocycles. The van der Waals surface area contributed by atoms with Gasteiger partial charge in [0.05, 0.1) is 6.20 Å². The average Bonchev–Trinajstić information content (AvgIpc) is 2.73. The average molecular weight is 396 g/mol. The maximum atomic E-state index is 14.7. The van der Waals surface area contributed by atoms with Crippen molar-refractivity contribution in [3.63, 3.8) is 0 Å². The third-order valence-electron chi connectivity index (χ3n) is 4.32. The molecule has 1 aliphatic heterocycles. The Labute approximate surface area is 157 Å². The van der Waals surface area contributed by atoms with Crippen molar-refractivity contribution in [1.29, 1.82) is 0 Å². The Morgan fingerprint density at radius 3 is 2.68 bits per heavy atom. The summed E-state index contributed by atoms with van der Waals surface area (Å²) in [6.07, 6.45) is 0.857. The van der Waals surface area contributed by atoms with Crippen LogP contribution in [0.15, 0.2) is 41.5 Å². The number of amides is 1. The number of benzene rings is 1. The van der Waals surface area contributed by atoms with Gasteiger partial charge in [0, 0.05) is 11.3 Å². The number of nitrogens with zero attached hydrogens (tertiary/aromatic N) is 2. The highest BCUT2D eigenvalue weighted by Gasteiger charge is 2.54. The van der Waals surface area contributed by atoms with Crippen molar-refractivity contribution >= 4 is 17.4 Å². The number of ether oxygens (including phenoxy) is 1. The lowest BCUT2D eigenvalue weighted by Crippen LogP contribution is -2.45. The molecule has 1 amide bonds. The number of carbonyl (C=O) groups is 1. The van der Waals surface area contributed by atoms with Gasteiger partial charge >= 0.3 is 0 Å². The number of rotatable bonds is 3. The van der Waals surface area contributed by atoms with Crippen LogP contribution >= 0.6 is 0 Å². The molecule has 2 aromatic rings. The molecule has 3 N–H and O–H groups in total. The molecule has 0 radical (unpaired) electrons. The van der Waals surface area contributed by atoms with Crippen molar-refractivity contribution in [3.8, 4) is 0 Å². The number of halogens is 4. The summed E-state index contributed by atoms with van der Waals surface area (Å²) in [6.45, 7) is -0.261. The van der Waals surface area contributed by atoms with Crippen LogP contribution in [-0.4, -0.2) is 35.9 Å². The highest BCUT2D eigenvalue weighted by atomic mass is 19.3. The number of carbonyl (C=O) groups excluding carboxylic acids is 1. The Morgan fingerprint density at radius 1 is 1.25 bits per heavy atom. The van der Waals surface area contributed by atoms with Gasteiger partial charge in [-0.2, -0.15) is 0 Å². The number of amidine groups is 1. The van der Waals surface area contributed by atoms with E-state index in [0.717, 1.165) is 37.4 Å². The van der Waals surface area contributed by atoms with Gasteiger partial charge in [-0.1, -0.05) is 0 Å². The highest BCUT2D eigenvalue weighted by Crippen LogP contribution is 2.44. The van der Waals surface area contributed by atoms with Crippen LogP contribution in [0.3, 0.4) is 0 Å². The third kappa shape index (κ3) is 3.68. The molecule has 0 spiro atoms. The number of nitrogens with two attached hydrogens (primary N) is 1. The molecular formula is C18H16F4N4O2. The van der Waals surface area contributed by atoms with Crippen LogP contribution in [0, 0.1) is 11.6 Å². The fraction of sp³-hybridized carbons (Fsp3) is 0.278. The number of anilines is 1. The molecule has 1 aliphatic rings. The minimum absolute atomic E-state index is 0.0310. The van der Waals surface area contributed by atoms with E-state index in [1.807, 2.05) is 0 Å². The first-order valence-electron chi connectivity index (χ1n) is 8.15. The normalized spacial score (nSPS) is 21.5. The standard InChI is InChI=1S/C18H16F4N4O2/c1-17(18(21,22)9-28-8-15(23)26-17)12-6-11(3-4-13(12)20)25-16(27)14-5-2-10(19)7-24-14/h2-7H,8-9H2,1H3,(H2,23,26)(H,25,27)/t17-/m1/s1. The predicted molar refractivity (Wildman–Crippen MR) is 93.3 cm³/mol. The molecule has 10 heteroatoms. The first-order valence-corrected chi connectivity index (χ1v) is 8.15. The fourth-order valence-electron chi connectivity index (χ4n) is 2.76. The maximum absolute atomic E-state index is 14.7. The smallest absolute Gasteiger partial charge is 0.299 e. The van der Waals surface area contributed by atoms with E-state index in [9.17, 15) is 22.4 Å². The number of pyridine rings is 1. The lowest BCUT2D eigenvalue weighted by molar-refractivity contribution is -0.116. The number of alkyl halides is 2. The van der Waals surface area contributed by atoms with Crippen molar-refractivity contribution in [2.45, 2.75) is 18.4 Å². The minimum atomic E-state index is -3.56. The van der Waals surface area contributed by atoms with Crippen molar-refractivity contribution in [2.75, 3.05) is 18.5 Å². The third-order valence-corrected chi connectivity index (χ3v) is 4.32. The SMILES string of the molecule is C[C@]1(c2cc(NC(=O)c3ccc(F)cn3)ccc2F)N=C(N)COCC1(F)F. The molecule has 0 bridgehead atoms. The van der Waals surface area contributed by atoms with E-state index in [1.165, 1.54) is 6.07 Å². The second-order valence-electron chi connectivity index (χ2n) is 6.38. The van der Waals surface area contributed by atoms with Crippen molar-refractivity contribution in [2.24, 2.45) is 10.7 Å². The van der Waals surface area contributed by atoms with Gasteiger partial charge in [-0.15, -0.1) is 0 Å². The Bertz CT molecular complexity index is 934. The van der Waals surface area contributed by atoms with E-state index in [-0.39, 0.29) is 23.8 Å². The zero-order valence-electron chi connectivity index (χ0n) is 14.7. The van der Waals surface area contributed by atoms with Crippen molar-refractivity contribution in [1.82, 2.24) is 4.98 Å². The molecule has 0 unspecified atom stereocenters. The Balaban J connectivity index is 1.98. The summed E-state index contributed by atoms with van der Waals surface area (Å²) >= 11 is 0. The molecule has 0 saturated heterocycles. The zero-order valence-corrected chi connectivity index (χ0v) is 14.7. The first-order chi connectivity index (χ1) is 13.1. The Kier molecular flexibility index (Phi) is 5.07. The zero-order chi connectivity index (χ0) is 20.5. The van der Waals surface area contributed by atoms with E-state index >= 15 is 0 Å². The van der Waals surface area contributed by atoms with Crippen LogP contribution in [-0.2, 0) is 10.3 Å². The van der Waals surface area contributed by atoms with Gasteiger partial charge in [0.1, 0.15) is 36.4 Å². The molecule has 1 aromatic carbocycles. The van der Waals surface area contributed by atoms with Crippen LogP contribution < -0.4 is 11.1 Å². The molecule has 28 heavy (non-hydrogen) atoms. The second kappa shape index (κ2) is 7.19. The molecule has 6 nitrogen and oxygen atoms in total. The maximum Gasteiger partial charge on any atom is 0.299 e. The van der Waals surface area contributed by atoms with Crippen molar-refractivity contribution < 1.29 is 27.1 Å². The highest BCUT2D eigenvalue weighted by molar-refractivity contribution is 6.02. The predicted octanol–water partition coefficient (Wildman–Crippen LogP) is 2.85. The number of hydrogen-bond donors (Lipinski definition) is 2. The van der Waals surface area contributed by atoms with Crippen molar-refractivity contribution in [3.05, 3.63) is 59.4 Å². The van der Waals surface area contributed by atoms with Crippen LogP contribution in [0.2, 0.25) is 0 Å². The summed E-state index contributed by atoms with van der Waals surface area (Å²) in [5, 5.41) is 2.41. The summed E-state index contributed by atoms with van der Waals surface area (Å²) in [5.74, 6) is -6.05. The van der Waals surface area contributed by atoms with Gasteiger partial charge < -0.3 is 15.8 Å². The molecule has 0 fully saturated rings. The molecule has 148 valence electrons. The monoisotopic (exact) mass is 396 g/mol. The largest absolute Gasteiger partial charge is 0.385 e. The summed E-state index contributed by atoms with van der Waals surface area (Å²) in [7, 11) is 0. The molecule has 1 atom stereocenters. The van der Waals surface area contributed by atoms with E-state index in [1.54, 1.807) is 0 Å². The lowest BCUT2D eigenvalue weighted by atomic mass is 9.85. The number of nitrogens with one attached hydrogen (secondary N) is 1. The second-order valence-corrected chi connectivity index (χ2v) is 6.38. The molecule has 0 aliphatic carbocycles. The molecule has 3 rings (SSSR count). The van der Waals surface area contributed by atoms with Crippen LogP contribution in [0.25, 0.3) is 0 Å². The number of aromatic nitrogens is 1. The van der Waals surface area contributed by atoms with Crippen LogP contribution in [0.5, 0.6) is 0 Å². The summed E-state index contributed by atoms with van der Waals surface area (Å²) in [4.78, 5) is 19.6. The molecular weight excluding hydrogens is 380 g/mol. The lowest BCUT2D eigenvalue weighted by Gasteiger charge is -2.33. The summed E-state index contributed by atoms with van der Waals surface area (Å²) in [6, 6.07) is 5.37. The van der Waals surface area contributed by atoms with Gasteiger partial charge in [0.2, 0.25) is 0 Å². The quantitative estimate of drug-likeness (QED) is 0.781. The van der Waals surface area contributed by atoms with Gasteiger partial charge in [0.15, 0.2) is 5.54 Å². The Hall–Kier alpha value is -3.01. The summed E-state index contributed by atoms with van der Waals surface area (Å²) < 4.78 is 61.5.